The number of benzene rings is 2. The summed E-state index contributed by atoms with van der Waals surface area (Å²) in [5, 5.41) is 0. The molecule has 0 saturated carbocycles. The molecule has 6 heteroatoms. The Hall–Kier alpha value is -3.15. The zero-order valence-corrected chi connectivity index (χ0v) is 19.0. The van der Waals surface area contributed by atoms with E-state index in [0.717, 1.165) is 16.7 Å². The van der Waals surface area contributed by atoms with E-state index in [0.29, 0.717) is 43.9 Å². The minimum Gasteiger partial charge on any atom is -0.479 e. The fourth-order valence-corrected chi connectivity index (χ4v) is 4.66. The second-order valence-corrected chi connectivity index (χ2v) is 8.81. The fourth-order valence-electron chi connectivity index (χ4n) is 4.66. The number of fused-ring (bicyclic) bond motifs is 1. The number of nitrogens with zero attached hydrogens (tertiary/aromatic N) is 2. The van der Waals surface area contributed by atoms with Gasteiger partial charge in [-0.25, -0.2) is 0 Å². The van der Waals surface area contributed by atoms with Crippen LogP contribution in [0.25, 0.3) is 0 Å². The third-order valence-electron chi connectivity index (χ3n) is 6.49. The first kappa shape index (κ1) is 22.1. The lowest BCUT2D eigenvalue weighted by molar-refractivity contribution is -0.132. The quantitative estimate of drug-likeness (QED) is 0.669. The molecule has 4 rings (SSSR count). The molecule has 0 aromatic heterocycles. The first-order chi connectivity index (χ1) is 15.3. The van der Waals surface area contributed by atoms with Crippen LogP contribution in [0.2, 0.25) is 0 Å². The first-order valence-electron chi connectivity index (χ1n) is 11.3. The molecule has 2 heterocycles. The number of anilines is 1. The van der Waals surface area contributed by atoms with Crippen molar-refractivity contribution in [2.45, 2.75) is 46.1 Å². The van der Waals surface area contributed by atoms with Crippen molar-refractivity contribution in [2.24, 2.45) is 5.92 Å². The van der Waals surface area contributed by atoms with Gasteiger partial charge in [-0.3, -0.25) is 14.4 Å². The van der Waals surface area contributed by atoms with Gasteiger partial charge in [-0.05, 0) is 51.3 Å². The van der Waals surface area contributed by atoms with Crippen molar-refractivity contribution >= 4 is 23.3 Å². The summed E-state index contributed by atoms with van der Waals surface area (Å²) >= 11 is 0. The molecule has 2 aromatic rings. The van der Waals surface area contributed by atoms with Crippen molar-refractivity contribution in [3.63, 3.8) is 0 Å². The number of aryl methyl sites for hydroxylation is 2. The maximum absolute atomic E-state index is 13.0. The number of rotatable bonds is 5. The van der Waals surface area contributed by atoms with Crippen LogP contribution in [0.5, 0.6) is 5.75 Å². The van der Waals surface area contributed by atoms with Gasteiger partial charge < -0.3 is 14.5 Å². The van der Waals surface area contributed by atoms with Crippen molar-refractivity contribution < 1.29 is 19.1 Å². The maximum atomic E-state index is 13.0. The molecule has 0 aliphatic carbocycles. The van der Waals surface area contributed by atoms with Crippen LogP contribution in [0.1, 0.15) is 47.7 Å². The van der Waals surface area contributed by atoms with E-state index >= 15 is 0 Å². The van der Waals surface area contributed by atoms with E-state index in [-0.39, 0.29) is 29.9 Å². The van der Waals surface area contributed by atoms with E-state index in [1.165, 1.54) is 0 Å². The second kappa shape index (κ2) is 9.15. The highest BCUT2D eigenvalue weighted by Gasteiger charge is 2.33. The van der Waals surface area contributed by atoms with E-state index in [9.17, 15) is 14.4 Å². The van der Waals surface area contributed by atoms with Crippen LogP contribution >= 0.6 is 0 Å². The molecular formula is C26H30N2O4. The number of para-hydroxylation sites is 2. The van der Waals surface area contributed by atoms with Crippen LogP contribution in [-0.2, 0) is 9.59 Å². The van der Waals surface area contributed by atoms with Crippen molar-refractivity contribution in [2.75, 3.05) is 24.5 Å². The van der Waals surface area contributed by atoms with Crippen LogP contribution in [0.4, 0.5) is 5.69 Å². The number of carbonyl (C=O) groups is 3. The van der Waals surface area contributed by atoms with Gasteiger partial charge in [-0.15, -0.1) is 0 Å². The molecule has 0 bridgehead atoms. The number of carbonyl (C=O) groups excluding carboxylic acids is 3. The van der Waals surface area contributed by atoms with Crippen molar-refractivity contribution in [3.05, 3.63) is 59.2 Å². The topological polar surface area (TPSA) is 66.9 Å². The molecule has 2 aromatic carbocycles. The van der Waals surface area contributed by atoms with Gasteiger partial charge in [-0.1, -0.05) is 35.9 Å². The fraction of sp³-hybridized carbons (Fsp3) is 0.423. The summed E-state index contributed by atoms with van der Waals surface area (Å²) in [6, 6.07) is 13.3. The standard InChI is InChI=1S/C26H30N2O4/c1-17-8-9-21(18(2)16-17)25(30)20-10-13-27(14-11-20)24(29)12-15-28-22-6-4-5-7-23(22)32-19(3)26(28)31/h4-9,16,19-20H,10-15H2,1-3H3. The molecule has 0 N–H and O–H groups in total. The average Bonchev–Trinajstić information content (AvgIpc) is 2.79. The molecule has 1 saturated heterocycles. The Bertz CT molecular complexity index is 1040. The summed E-state index contributed by atoms with van der Waals surface area (Å²) < 4.78 is 5.66. The minimum atomic E-state index is -0.563. The Morgan fingerprint density at radius 1 is 1.06 bits per heavy atom. The predicted octanol–water partition coefficient (Wildman–Crippen LogP) is 3.93. The highest BCUT2D eigenvalue weighted by atomic mass is 16.5. The molecular weight excluding hydrogens is 404 g/mol. The van der Waals surface area contributed by atoms with Crippen LogP contribution in [-0.4, -0.2) is 48.2 Å². The summed E-state index contributed by atoms with van der Waals surface area (Å²) in [7, 11) is 0. The molecule has 2 aliphatic rings. The second-order valence-electron chi connectivity index (χ2n) is 8.81. The van der Waals surface area contributed by atoms with E-state index < -0.39 is 6.10 Å². The first-order valence-corrected chi connectivity index (χ1v) is 11.3. The van der Waals surface area contributed by atoms with Gasteiger partial charge in [0.05, 0.1) is 5.69 Å². The van der Waals surface area contributed by atoms with E-state index in [1.807, 2.05) is 61.2 Å². The largest absolute Gasteiger partial charge is 0.479 e. The number of Topliss-reactive ketones (excluding diaryl/α,β-unsaturated/α-hetero) is 1. The van der Waals surface area contributed by atoms with Gasteiger partial charge in [0.1, 0.15) is 5.75 Å². The van der Waals surface area contributed by atoms with E-state index in [2.05, 4.69) is 0 Å². The Morgan fingerprint density at radius 2 is 1.78 bits per heavy atom. The highest BCUT2D eigenvalue weighted by Crippen LogP contribution is 2.33. The number of likely N-dealkylation sites (tertiary alicyclic amines) is 1. The molecule has 1 fully saturated rings. The Labute approximate surface area is 189 Å². The zero-order valence-electron chi connectivity index (χ0n) is 19.0. The molecule has 0 spiro atoms. The van der Waals surface area contributed by atoms with Gasteiger partial charge >= 0.3 is 0 Å². The van der Waals surface area contributed by atoms with Gasteiger partial charge in [0.2, 0.25) is 5.91 Å². The maximum Gasteiger partial charge on any atom is 0.267 e. The molecule has 32 heavy (non-hydrogen) atoms. The molecule has 2 amide bonds. The number of hydrogen-bond acceptors (Lipinski definition) is 4. The monoisotopic (exact) mass is 434 g/mol. The summed E-state index contributed by atoms with van der Waals surface area (Å²) in [6.07, 6.45) is 1.04. The number of piperidine rings is 1. The lowest BCUT2D eigenvalue weighted by Gasteiger charge is -2.34. The average molecular weight is 435 g/mol. The number of ether oxygens (including phenoxy) is 1. The Kier molecular flexibility index (Phi) is 6.31. The normalized spacial score (nSPS) is 18.8. The molecule has 1 unspecified atom stereocenters. The smallest absolute Gasteiger partial charge is 0.267 e. The van der Waals surface area contributed by atoms with Gasteiger partial charge in [0.25, 0.3) is 5.91 Å². The number of amides is 2. The van der Waals surface area contributed by atoms with E-state index in [1.54, 1.807) is 11.8 Å². The predicted molar refractivity (Wildman–Crippen MR) is 123 cm³/mol. The Morgan fingerprint density at radius 3 is 2.50 bits per heavy atom. The van der Waals surface area contributed by atoms with Crippen molar-refractivity contribution in [3.8, 4) is 5.75 Å². The minimum absolute atomic E-state index is 0.0202. The van der Waals surface area contributed by atoms with Crippen LogP contribution in [0.3, 0.4) is 0 Å². The lowest BCUT2D eigenvalue weighted by atomic mass is 9.87. The van der Waals surface area contributed by atoms with Crippen molar-refractivity contribution in [1.29, 1.82) is 0 Å². The zero-order chi connectivity index (χ0) is 22.8. The van der Waals surface area contributed by atoms with E-state index in [4.69, 9.17) is 4.74 Å². The summed E-state index contributed by atoms with van der Waals surface area (Å²) in [4.78, 5) is 41.9. The van der Waals surface area contributed by atoms with Crippen LogP contribution in [0.15, 0.2) is 42.5 Å². The molecule has 168 valence electrons. The lowest BCUT2D eigenvalue weighted by Crippen LogP contribution is -2.47. The third kappa shape index (κ3) is 4.40. The Balaban J connectivity index is 1.33. The van der Waals surface area contributed by atoms with Gasteiger partial charge in [-0.2, -0.15) is 0 Å². The number of ketones is 1. The SMILES string of the molecule is Cc1ccc(C(=O)C2CCN(C(=O)CCN3C(=O)C(C)Oc4ccccc43)CC2)c(C)c1. The summed E-state index contributed by atoms with van der Waals surface area (Å²) in [6.45, 7) is 7.20. The van der Waals surface area contributed by atoms with Gasteiger partial charge in [0.15, 0.2) is 11.9 Å². The molecule has 6 nitrogen and oxygen atoms in total. The molecule has 0 radical (unpaired) electrons. The summed E-state index contributed by atoms with van der Waals surface area (Å²) in [5.41, 5.74) is 3.66. The summed E-state index contributed by atoms with van der Waals surface area (Å²) in [5.74, 6) is 0.687. The molecule has 1 atom stereocenters. The highest BCUT2D eigenvalue weighted by molar-refractivity contribution is 6.00. The number of hydrogen-bond donors (Lipinski definition) is 0. The van der Waals surface area contributed by atoms with Crippen LogP contribution in [0, 0.1) is 19.8 Å². The van der Waals surface area contributed by atoms with Crippen molar-refractivity contribution in [1.82, 2.24) is 4.90 Å². The third-order valence-corrected chi connectivity index (χ3v) is 6.49. The molecule has 2 aliphatic heterocycles. The van der Waals surface area contributed by atoms with Gasteiger partial charge in [0, 0.05) is 37.5 Å². The van der Waals surface area contributed by atoms with Crippen LogP contribution < -0.4 is 9.64 Å².